The van der Waals surface area contributed by atoms with Gasteiger partial charge in [-0.1, -0.05) is 122 Å². The number of rotatable bonds is 25. The number of amides is 1. The van der Waals surface area contributed by atoms with Crippen molar-refractivity contribution in [2.24, 2.45) is 0 Å². The molecule has 0 rings (SSSR count). The first-order valence-corrected chi connectivity index (χ1v) is 13.5. The van der Waals surface area contributed by atoms with Crippen LogP contribution in [-0.4, -0.2) is 29.3 Å². The molecule has 1 amide bonds. The fourth-order valence-corrected chi connectivity index (χ4v) is 4.09. The Balaban J connectivity index is 3.31. The minimum Gasteiger partial charge on any atom is -0.480 e. The SMILES string of the molecule is CCCCCCCCCCCCCCCCCCCCCC(=O)N[C@@H](CC[C]=O)C(=O)O. The number of unbranched alkanes of at least 4 members (excludes halogenated alkanes) is 18. The highest BCUT2D eigenvalue weighted by molar-refractivity contribution is 5.83. The summed E-state index contributed by atoms with van der Waals surface area (Å²) in [6.07, 6.45) is 27.1. The van der Waals surface area contributed by atoms with Gasteiger partial charge in [-0.2, -0.15) is 0 Å². The summed E-state index contributed by atoms with van der Waals surface area (Å²) >= 11 is 0. The Morgan fingerprint density at radius 1 is 0.688 bits per heavy atom. The number of aliphatic carboxylic acids is 1. The van der Waals surface area contributed by atoms with Crippen molar-refractivity contribution in [3.63, 3.8) is 0 Å². The molecule has 0 saturated heterocycles. The first-order chi connectivity index (χ1) is 15.6. The Hall–Kier alpha value is -1.39. The van der Waals surface area contributed by atoms with Crippen molar-refractivity contribution in [2.75, 3.05) is 0 Å². The predicted octanol–water partition coefficient (Wildman–Crippen LogP) is 7.27. The molecule has 1 radical (unpaired) electrons. The number of carbonyl (C=O) groups excluding carboxylic acids is 2. The van der Waals surface area contributed by atoms with Crippen LogP contribution in [0.3, 0.4) is 0 Å². The number of carboxylic acids is 1. The van der Waals surface area contributed by atoms with E-state index in [2.05, 4.69) is 12.2 Å². The van der Waals surface area contributed by atoms with Crippen LogP contribution in [0.1, 0.15) is 148 Å². The quantitative estimate of drug-likeness (QED) is 0.143. The lowest BCUT2D eigenvalue weighted by Crippen LogP contribution is -2.40. The molecule has 5 nitrogen and oxygen atoms in total. The Bertz CT molecular complexity index is 453. The molecule has 0 heterocycles. The molecule has 0 unspecified atom stereocenters. The van der Waals surface area contributed by atoms with Gasteiger partial charge in [0, 0.05) is 12.8 Å². The monoisotopic (exact) mass is 452 g/mol. The third kappa shape index (κ3) is 21.8. The maximum atomic E-state index is 11.8. The van der Waals surface area contributed by atoms with Gasteiger partial charge >= 0.3 is 5.97 Å². The van der Waals surface area contributed by atoms with E-state index in [4.69, 9.17) is 5.11 Å². The highest BCUT2D eigenvalue weighted by atomic mass is 16.4. The van der Waals surface area contributed by atoms with Gasteiger partial charge in [0.15, 0.2) is 6.29 Å². The van der Waals surface area contributed by atoms with E-state index in [0.29, 0.717) is 6.42 Å². The van der Waals surface area contributed by atoms with E-state index in [0.717, 1.165) is 19.3 Å². The van der Waals surface area contributed by atoms with Crippen molar-refractivity contribution >= 4 is 18.2 Å². The van der Waals surface area contributed by atoms with Crippen molar-refractivity contribution in [1.29, 1.82) is 0 Å². The third-order valence-corrected chi connectivity index (χ3v) is 6.18. The summed E-state index contributed by atoms with van der Waals surface area (Å²) in [4.78, 5) is 33.1. The van der Waals surface area contributed by atoms with E-state index in [1.54, 1.807) is 6.29 Å². The Labute approximate surface area is 197 Å². The molecule has 0 bridgehead atoms. The third-order valence-electron chi connectivity index (χ3n) is 6.18. The molecule has 0 aromatic heterocycles. The number of carboxylic acid groups (broad SMARTS) is 1. The van der Waals surface area contributed by atoms with Gasteiger partial charge in [0.05, 0.1) is 0 Å². The molecule has 0 saturated carbocycles. The highest BCUT2D eigenvalue weighted by Crippen LogP contribution is 2.14. The standard InChI is InChI=1S/C27H50NO4/c1-2-3-4-5-6-7-8-9-10-11-12-13-14-15-16-17-18-19-20-23-26(30)28-25(27(31)32)22-21-24-29/h25H,2-23H2,1H3,(H,28,30)(H,31,32)/t25-/m0/s1. The summed E-state index contributed by atoms with van der Waals surface area (Å²) in [5.41, 5.74) is 0. The molecule has 0 aliphatic rings. The molecular weight excluding hydrogens is 402 g/mol. The van der Waals surface area contributed by atoms with E-state index in [9.17, 15) is 14.4 Å². The molecule has 187 valence electrons. The molecule has 1 atom stereocenters. The van der Waals surface area contributed by atoms with Crippen LogP contribution in [0.4, 0.5) is 0 Å². The van der Waals surface area contributed by atoms with Crippen LogP contribution in [0.5, 0.6) is 0 Å². The fraction of sp³-hybridized carbons (Fsp3) is 0.889. The Kier molecular flexibility index (Phi) is 23.2. The summed E-state index contributed by atoms with van der Waals surface area (Å²) < 4.78 is 0. The molecule has 0 fully saturated rings. The van der Waals surface area contributed by atoms with Crippen LogP contribution < -0.4 is 5.32 Å². The first-order valence-electron chi connectivity index (χ1n) is 13.5. The van der Waals surface area contributed by atoms with Gasteiger partial charge in [-0.25, -0.2) is 4.79 Å². The lowest BCUT2D eigenvalue weighted by Gasteiger charge is -2.12. The average molecular weight is 453 g/mol. The Morgan fingerprint density at radius 2 is 1.06 bits per heavy atom. The lowest BCUT2D eigenvalue weighted by molar-refractivity contribution is -0.142. The van der Waals surface area contributed by atoms with Crippen molar-refractivity contribution in [3.8, 4) is 0 Å². The second-order valence-electron chi connectivity index (χ2n) is 9.26. The number of hydrogen-bond donors (Lipinski definition) is 2. The van der Waals surface area contributed by atoms with Gasteiger partial charge in [-0.3, -0.25) is 9.59 Å². The van der Waals surface area contributed by atoms with Crippen molar-refractivity contribution in [1.82, 2.24) is 5.32 Å². The Morgan fingerprint density at radius 3 is 1.41 bits per heavy atom. The zero-order chi connectivity index (χ0) is 23.7. The van der Waals surface area contributed by atoms with Crippen LogP contribution >= 0.6 is 0 Å². The van der Waals surface area contributed by atoms with E-state index in [1.807, 2.05) is 0 Å². The molecule has 0 aliphatic heterocycles. The normalized spacial score (nSPS) is 11.9. The van der Waals surface area contributed by atoms with Gasteiger partial charge in [0.25, 0.3) is 0 Å². The summed E-state index contributed by atoms with van der Waals surface area (Å²) in [6, 6.07) is -0.982. The van der Waals surface area contributed by atoms with Gasteiger partial charge in [0.2, 0.25) is 5.91 Å². The summed E-state index contributed by atoms with van der Waals surface area (Å²) in [5.74, 6) is -1.34. The highest BCUT2D eigenvalue weighted by Gasteiger charge is 2.18. The smallest absolute Gasteiger partial charge is 0.326 e. The minimum absolute atomic E-state index is 0.0243. The number of carbonyl (C=O) groups is 2. The second kappa shape index (κ2) is 24.3. The van der Waals surface area contributed by atoms with Crippen LogP contribution in [0.15, 0.2) is 0 Å². The van der Waals surface area contributed by atoms with Gasteiger partial charge in [-0.15, -0.1) is 0 Å². The van der Waals surface area contributed by atoms with Crippen LogP contribution in [0.25, 0.3) is 0 Å². The molecule has 2 N–H and O–H groups in total. The van der Waals surface area contributed by atoms with E-state index < -0.39 is 12.0 Å². The maximum Gasteiger partial charge on any atom is 0.326 e. The molecule has 0 aromatic carbocycles. The molecular formula is C27H50NO4. The first kappa shape index (κ1) is 30.6. The summed E-state index contributed by atoms with van der Waals surface area (Å²) in [6.45, 7) is 2.27. The number of hydrogen-bond acceptors (Lipinski definition) is 3. The molecule has 0 aromatic rings. The van der Waals surface area contributed by atoms with E-state index in [1.165, 1.54) is 103 Å². The minimum atomic E-state index is -1.10. The summed E-state index contributed by atoms with van der Waals surface area (Å²) in [7, 11) is 0. The topological polar surface area (TPSA) is 83.5 Å². The van der Waals surface area contributed by atoms with E-state index >= 15 is 0 Å². The molecule has 5 heteroatoms. The van der Waals surface area contributed by atoms with Crippen molar-refractivity contribution < 1.29 is 19.5 Å². The summed E-state index contributed by atoms with van der Waals surface area (Å²) in [5, 5.41) is 11.5. The molecule has 0 aliphatic carbocycles. The van der Waals surface area contributed by atoms with Crippen LogP contribution in [0.2, 0.25) is 0 Å². The lowest BCUT2D eigenvalue weighted by atomic mass is 10.0. The predicted molar refractivity (Wildman–Crippen MR) is 133 cm³/mol. The van der Waals surface area contributed by atoms with Crippen LogP contribution in [0, 0.1) is 0 Å². The van der Waals surface area contributed by atoms with Gasteiger partial charge in [-0.05, 0) is 12.8 Å². The van der Waals surface area contributed by atoms with Crippen molar-refractivity contribution in [3.05, 3.63) is 0 Å². The van der Waals surface area contributed by atoms with Gasteiger partial charge < -0.3 is 10.4 Å². The largest absolute Gasteiger partial charge is 0.480 e. The molecule has 0 spiro atoms. The zero-order valence-electron chi connectivity index (χ0n) is 20.8. The van der Waals surface area contributed by atoms with Crippen molar-refractivity contribution in [2.45, 2.75) is 154 Å². The van der Waals surface area contributed by atoms with E-state index in [-0.39, 0.29) is 18.7 Å². The maximum absolute atomic E-state index is 11.8. The zero-order valence-corrected chi connectivity index (χ0v) is 20.8. The molecule has 32 heavy (non-hydrogen) atoms. The number of nitrogens with one attached hydrogen (secondary N) is 1. The average Bonchev–Trinajstić information content (AvgIpc) is 2.78. The fourth-order valence-electron chi connectivity index (χ4n) is 4.09. The second-order valence-corrected chi connectivity index (χ2v) is 9.26. The van der Waals surface area contributed by atoms with Crippen LogP contribution in [-0.2, 0) is 14.4 Å². The van der Waals surface area contributed by atoms with Gasteiger partial charge in [0.1, 0.15) is 6.04 Å².